The Balaban J connectivity index is 1.61. The highest BCUT2D eigenvalue weighted by Gasteiger charge is 2.21. The number of amides is 2. The molecule has 2 aromatic rings. The molecule has 0 saturated carbocycles. The molecule has 0 unspecified atom stereocenters. The molecule has 1 saturated heterocycles. The van der Waals surface area contributed by atoms with Crippen LogP contribution < -0.4 is 10.1 Å². The van der Waals surface area contributed by atoms with Gasteiger partial charge in [-0.1, -0.05) is 24.3 Å². The highest BCUT2D eigenvalue weighted by molar-refractivity contribution is 5.94. The molecule has 1 fully saturated rings. The second kappa shape index (κ2) is 8.62. The van der Waals surface area contributed by atoms with Gasteiger partial charge in [-0.2, -0.15) is 8.78 Å². The summed E-state index contributed by atoms with van der Waals surface area (Å²) in [5.74, 6) is -0.159. The normalized spacial score (nSPS) is 13.9. The Morgan fingerprint density at radius 2 is 1.81 bits per heavy atom. The summed E-state index contributed by atoms with van der Waals surface area (Å²) in [6.45, 7) is -1.30. The first-order chi connectivity index (χ1) is 13.0. The van der Waals surface area contributed by atoms with Crippen molar-refractivity contribution in [2.45, 2.75) is 32.5 Å². The molecule has 0 aromatic heterocycles. The number of benzene rings is 2. The first-order valence-electron chi connectivity index (χ1n) is 8.70. The average molecular weight is 374 g/mol. The molecule has 1 N–H and O–H groups in total. The molecule has 0 aliphatic carbocycles. The minimum Gasteiger partial charge on any atom is -0.435 e. The largest absolute Gasteiger partial charge is 0.435 e. The van der Waals surface area contributed by atoms with Gasteiger partial charge in [0.2, 0.25) is 5.91 Å². The third-order valence-corrected chi connectivity index (χ3v) is 4.43. The molecule has 1 aliphatic rings. The third kappa shape index (κ3) is 5.03. The van der Waals surface area contributed by atoms with Crippen LogP contribution in [0.3, 0.4) is 0 Å². The average Bonchev–Trinajstić information content (AvgIpc) is 3.05. The summed E-state index contributed by atoms with van der Waals surface area (Å²) in [7, 11) is 0. The van der Waals surface area contributed by atoms with Gasteiger partial charge in [0.15, 0.2) is 0 Å². The molecular weight excluding hydrogens is 354 g/mol. The fraction of sp³-hybridized carbons (Fsp3) is 0.300. The van der Waals surface area contributed by atoms with Crippen molar-refractivity contribution in [3.05, 3.63) is 65.2 Å². The van der Waals surface area contributed by atoms with Gasteiger partial charge in [-0.25, -0.2) is 0 Å². The van der Waals surface area contributed by atoms with E-state index in [4.69, 9.17) is 0 Å². The molecule has 0 atom stereocenters. The second-order valence-electron chi connectivity index (χ2n) is 6.27. The summed E-state index contributed by atoms with van der Waals surface area (Å²) in [5.41, 5.74) is 2.28. The van der Waals surface area contributed by atoms with E-state index in [1.54, 1.807) is 0 Å². The van der Waals surface area contributed by atoms with Gasteiger partial charge >= 0.3 is 6.61 Å². The zero-order valence-corrected chi connectivity index (χ0v) is 14.7. The number of hydrogen-bond acceptors (Lipinski definition) is 3. The van der Waals surface area contributed by atoms with E-state index in [1.807, 2.05) is 29.2 Å². The van der Waals surface area contributed by atoms with Gasteiger partial charge < -0.3 is 15.0 Å². The molecule has 0 radical (unpaired) electrons. The molecule has 1 aliphatic heterocycles. The Morgan fingerprint density at radius 3 is 2.44 bits per heavy atom. The summed E-state index contributed by atoms with van der Waals surface area (Å²) < 4.78 is 28.6. The van der Waals surface area contributed by atoms with E-state index < -0.39 is 6.61 Å². The Bertz CT molecular complexity index is 809. The van der Waals surface area contributed by atoms with Crippen LogP contribution in [0.2, 0.25) is 0 Å². The molecule has 2 amide bonds. The number of hydrogen-bond donors (Lipinski definition) is 1. The zero-order valence-electron chi connectivity index (χ0n) is 14.7. The maximum absolute atomic E-state index is 12.3. The van der Waals surface area contributed by atoms with E-state index in [2.05, 4.69) is 10.1 Å². The van der Waals surface area contributed by atoms with Crippen molar-refractivity contribution in [2.24, 2.45) is 0 Å². The van der Waals surface area contributed by atoms with E-state index in [0.717, 1.165) is 24.1 Å². The number of likely N-dealkylation sites (tertiary alicyclic amines) is 1. The van der Waals surface area contributed by atoms with Crippen LogP contribution in [0.15, 0.2) is 48.5 Å². The zero-order chi connectivity index (χ0) is 19.2. The first kappa shape index (κ1) is 18.8. The van der Waals surface area contributed by atoms with Crippen molar-refractivity contribution < 1.29 is 23.1 Å². The summed E-state index contributed by atoms with van der Waals surface area (Å²) in [6, 6.07) is 13.2. The van der Waals surface area contributed by atoms with Crippen LogP contribution in [0.4, 0.5) is 8.78 Å². The molecule has 142 valence electrons. The lowest BCUT2D eigenvalue weighted by Crippen LogP contribution is -2.26. The Hall–Kier alpha value is -2.96. The van der Waals surface area contributed by atoms with Crippen molar-refractivity contribution >= 4 is 11.8 Å². The lowest BCUT2D eigenvalue weighted by Gasteiger charge is -2.18. The standard InChI is InChI=1S/C20H20F2N2O3/c21-20(22)27-17-9-7-14(8-10-17)19(26)23-12-15-4-1-2-5-16(15)13-24-11-3-6-18(24)25/h1-2,4-5,7-10,20H,3,6,11-13H2,(H,23,26). The van der Waals surface area contributed by atoms with Crippen molar-refractivity contribution in [2.75, 3.05) is 6.54 Å². The number of nitrogens with zero attached hydrogens (tertiary/aromatic N) is 1. The number of carbonyl (C=O) groups excluding carboxylic acids is 2. The minimum absolute atomic E-state index is 0.00201. The lowest BCUT2D eigenvalue weighted by molar-refractivity contribution is -0.128. The Morgan fingerprint density at radius 1 is 1.11 bits per heavy atom. The van der Waals surface area contributed by atoms with Crippen LogP contribution in [-0.4, -0.2) is 29.9 Å². The number of carbonyl (C=O) groups is 2. The van der Waals surface area contributed by atoms with Gasteiger partial charge in [-0.15, -0.1) is 0 Å². The third-order valence-electron chi connectivity index (χ3n) is 4.43. The summed E-state index contributed by atoms with van der Waals surface area (Å²) in [6.07, 6.45) is 1.47. The number of nitrogens with one attached hydrogen (secondary N) is 1. The van der Waals surface area contributed by atoms with Gasteiger partial charge in [0.25, 0.3) is 5.91 Å². The fourth-order valence-corrected chi connectivity index (χ4v) is 3.03. The number of alkyl halides is 2. The van der Waals surface area contributed by atoms with Crippen LogP contribution in [0.1, 0.15) is 34.3 Å². The molecule has 2 aromatic carbocycles. The molecule has 27 heavy (non-hydrogen) atoms. The monoisotopic (exact) mass is 374 g/mol. The van der Waals surface area contributed by atoms with Crippen molar-refractivity contribution in [1.29, 1.82) is 0 Å². The first-order valence-corrected chi connectivity index (χ1v) is 8.70. The van der Waals surface area contributed by atoms with Gasteiger partial charge in [0.1, 0.15) is 5.75 Å². The molecule has 0 spiro atoms. The topological polar surface area (TPSA) is 58.6 Å². The van der Waals surface area contributed by atoms with Gasteiger partial charge in [-0.05, 0) is 41.8 Å². The number of ether oxygens (including phenoxy) is 1. The quantitative estimate of drug-likeness (QED) is 0.809. The van der Waals surface area contributed by atoms with E-state index in [1.165, 1.54) is 24.3 Å². The smallest absolute Gasteiger partial charge is 0.387 e. The predicted molar refractivity (Wildman–Crippen MR) is 95.3 cm³/mol. The highest BCUT2D eigenvalue weighted by Crippen LogP contribution is 2.18. The Labute approximate surface area is 155 Å². The molecular formula is C20H20F2N2O3. The molecule has 7 heteroatoms. The lowest BCUT2D eigenvalue weighted by atomic mass is 10.1. The van der Waals surface area contributed by atoms with E-state index in [0.29, 0.717) is 25.1 Å². The molecule has 5 nitrogen and oxygen atoms in total. The van der Waals surface area contributed by atoms with Crippen LogP contribution in [0.5, 0.6) is 5.75 Å². The van der Waals surface area contributed by atoms with Crippen LogP contribution in [0.25, 0.3) is 0 Å². The highest BCUT2D eigenvalue weighted by atomic mass is 19.3. The van der Waals surface area contributed by atoms with Gasteiger partial charge in [0, 0.05) is 31.6 Å². The molecule has 3 rings (SSSR count). The van der Waals surface area contributed by atoms with Crippen molar-refractivity contribution in [3.63, 3.8) is 0 Å². The summed E-state index contributed by atoms with van der Waals surface area (Å²) in [4.78, 5) is 26.0. The number of halogens is 2. The van der Waals surface area contributed by atoms with Gasteiger partial charge in [0.05, 0.1) is 0 Å². The summed E-state index contributed by atoms with van der Waals surface area (Å²) in [5, 5.41) is 2.82. The summed E-state index contributed by atoms with van der Waals surface area (Å²) >= 11 is 0. The predicted octanol–water partition coefficient (Wildman–Crippen LogP) is 3.34. The minimum atomic E-state index is -2.90. The van der Waals surface area contributed by atoms with E-state index >= 15 is 0 Å². The van der Waals surface area contributed by atoms with Crippen molar-refractivity contribution in [3.8, 4) is 5.75 Å². The SMILES string of the molecule is O=C(NCc1ccccc1CN1CCCC1=O)c1ccc(OC(F)F)cc1. The van der Waals surface area contributed by atoms with E-state index in [9.17, 15) is 18.4 Å². The van der Waals surface area contributed by atoms with Crippen LogP contribution in [-0.2, 0) is 17.9 Å². The van der Waals surface area contributed by atoms with Crippen LogP contribution in [0, 0.1) is 0 Å². The molecule has 1 heterocycles. The van der Waals surface area contributed by atoms with Gasteiger partial charge in [-0.3, -0.25) is 9.59 Å². The van der Waals surface area contributed by atoms with E-state index in [-0.39, 0.29) is 17.6 Å². The van der Waals surface area contributed by atoms with Crippen LogP contribution >= 0.6 is 0 Å². The number of rotatable bonds is 7. The second-order valence-corrected chi connectivity index (χ2v) is 6.27. The van der Waals surface area contributed by atoms with Crippen molar-refractivity contribution in [1.82, 2.24) is 10.2 Å². The Kier molecular flexibility index (Phi) is 6.01. The molecule has 0 bridgehead atoms. The maximum atomic E-state index is 12.3. The maximum Gasteiger partial charge on any atom is 0.387 e. The fourth-order valence-electron chi connectivity index (χ4n) is 3.03.